The lowest BCUT2D eigenvalue weighted by molar-refractivity contribution is -0.139. The van der Waals surface area contributed by atoms with Crippen LogP contribution in [0.4, 0.5) is 0 Å². The minimum atomic E-state index is -0.737. The molecule has 44 heavy (non-hydrogen) atoms. The van der Waals surface area contributed by atoms with E-state index >= 15 is 0 Å². The van der Waals surface area contributed by atoms with Gasteiger partial charge in [-0.05, 0) is 74.7 Å². The maximum Gasteiger partial charge on any atom is 0.338 e. The van der Waals surface area contributed by atoms with E-state index in [9.17, 15) is 9.59 Å². The van der Waals surface area contributed by atoms with E-state index in [4.69, 9.17) is 14.5 Å². The van der Waals surface area contributed by atoms with E-state index in [-0.39, 0.29) is 12.2 Å². The minimum Gasteiger partial charge on any atom is -0.496 e. The molecule has 3 aromatic carbocycles. The normalized spacial score (nSPS) is 14.8. The number of hydrogen-bond donors (Lipinski definition) is 0. The zero-order valence-electron chi connectivity index (χ0n) is 25.3. The zero-order valence-corrected chi connectivity index (χ0v) is 26.1. The van der Waals surface area contributed by atoms with E-state index in [2.05, 4.69) is 60.9 Å². The van der Waals surface area contributed by atoms with Crippen molar-refractivity contribution >= 4 is 23.4 Å². The van der Waals surface area contributed by atoms with Crippen LogP contribution >= 0.6 is 11.3 Å². The summed E-state index contributed by atoms with van der Waals surface area (Å²) in [5, 5.41) is 0. The Morgan fingerprint density at radius 3 is 2.34 bits per heavy atom. The summed E-state index contributed by atoms with van der Waals surface area (Å²) >= 11 is 1.31. The molecule has 0 amide bonds. The van der Waals surface area contributed by atoms with Crippen LogP contribution in [-0.4, -0.2) is 28.8 Å². The highest BCUT2D eigenvalue weighted by Gasteiger charge is 2.35. The highest BCUT2D eigenvalue weighted by atomic mass is 32.1. The Kier molecular flexibility index (Phi) is 7.93. The number of esters is 1. The summed E-state index contributed by atoms with van der Waals surface area (Å²) < 4.78 is 15.4. The van der Waals surface area contributed by atoms with E-state index in [0.717, 1.165) is 28.2 Å². The molecule has 1 aliphatic rings. The first-order valence-electron chi connectivity index (χ1n) is 14.5. The van der Waals surface area contributed by atoms with Gasteiger partial charge in [0.25, 0.3) is 5.56 Å². The fourth-order valence-corrected chi connectivity index (χ4v) is 6.92. The van der Waals surface area contributed by atoms with Gasteiger partial charge in [0, 0.05) is 22.6 Å². The average molecular weight is 604 g/mol. The van der Waals surface area contributed by atoms with Crippen molar-refractivity contribution in [3.63, 3.8) is 0 Å². The zero-order chi connectivity index (χ0) is 31.0. The second-order valence-electron chi connectivity index (χ2n) is 10.6. The van der Waals surface area contributed by atoms with Gasteiger partial charge in [0.1, 0.15) is 11.8 Å². The highest BCUT2D eigenvalue weighted by molar-refractivity contribution is 7.07. The fraction of sp³-hybridized carbons (Fsp3) is 0.194. The second-order valence-corrected chi connectivity index (χ2v) is 11.6. The van der Waals surface area contributed by atoms with E-state index in [0.29, 0.717) is 31.9 Å². The van der Waals surface area contributed by atoms with Gasteiger partial charge >= 0.3 is 5.97 Å². The number of carbonyl (C=O) groups excluding carboxylic acids is 1. The van der Waals surface area contributed by atoms with Crippen molar-refractivity contribution < 1.29 is 14.3 Å². The molecule has 1 aliphatic heterocycles. The molecule has 222 valence electrons. The van der Waals surface area contributed by atoms with E-state index in [1.807, 2.05) is 48.5 Å². The molecule has 7 nitrogen and oxygen atoms in total. The standard InChI is InChI=1S/C36H33N3O4S/c1-6-43-35(41)32-23(3)37-36-39(33(32)29-14-10-11-15-30(29)42-5)34(40)31(44-36)21-27-20-22(2)38(24(27)4)28-18-16-26(17-19-28)25-12-8-7-9-13-25/h7-21,33H,6H2,1-5H3/b31-21+/t33-/m0/s1. The van der Waals surface area contributed by atoms with Gasteiger partial charge in [-0.2, -0.15) is 0 Å². The van der Waals surface area contributed by atoms with Crippen LogP contribution in [0, 0.1) is 13.8 Å². The number of thiazole rings is 1. The van der Waals surface area contributed by atoms with Crippen molar-refractivity contribution in [2.45, 2.75) is 33.7 Å². The Balaban J connectivity index is 1.46. The number of benzene rings is 3. The number of rotatable bonds is 7. The van der Waals surface area contributed by atoms with Crippen molar-refractivity contribution in [3.8, 4) is 22.6 Å². The lowest BCUT2D eigenvalue weighted by Crippen LogP contribution is -2.40. The van der Waals surface area contributed by atoms with E-state index in [1.165, 1.54) is 16.9 Å². The van der Waals surface area contributed by atoms with Crippen LogP contribution in [0.3, 0.4) is 0 Å². The molecule has 0 unspecified atom stereocenters. The third-order valence-corrected chi connectivity index (χ3v) is 8.92. The summed E-state index contributed by atoms with van der Waals surface area (Å²) in [7, 11) is 1.58. The molecule has 0 bridgehead atoms. The van der Waals surface area contributed by atoms with Crippen molar-refractivity contribution in [2.24, 2.45) is 4.99 Å². The second kappa shape index (κ2) is 12.0. The van der Waals surface area contributed by atoms with Gasteiger partial charge in [0.05, 0.1) is 29.5 Å². The lowest BCUT2D eigenvalue weighted by Gasteiger charge is -2.25. The summed E-state index contributed by atoms with van der Waals surface area (Å²) in [6.07, 6.45) is 1.92. The molecule has 0 radical (unpaired) electrons. The van der Waals surface area contributed by atoms with Crippen LogP contribution in [0.5, 0.6) is 5.75 Å². The molecule has 2 aromatic heterocycles. The predicted molar refractivity (Wildman–Crippen MR) is 174 cm³/mol. The number of allylic oxidation sites excluding steroid dienone is 1. The first kappa shape index (κ1) is 29.1. The molecule has 0 fully saturated rings. The van der Waals surface area contributed by atoms with Crippen LogP contribution in [0.1, 0.15) is 42.4 Å². The lowest BCUT2D eigenvalue weighted by atomic mass is 9.95. The maximum absolute atomic E-state index is 14.1. The van der Waals surface area contributed by atoms with Gasteiger partial charge in [-0.25, -0.2) is 9.79 Å². The van der Waals surface area contributed by atoms with E-state index < -0.39 is 12.0 Å². The minimum absolute atomic E-state index is 0.212. The molecule has 0 saturated carbocycles. The molecule has 0 spiro atoms. The number of hydrogen-bond acceptors (Lipinski definition) is 6. The predicted octanol–water partition coefficient (Wildman–Crippen LogP) is 5.88. The Morgan fingerprint density at radius 1 is 0.955 bits per heavy atom. The average Bonchev–Trinajstić information content (AvgIpc) is 3.50. The fourth-order valence-electron chi connectivity index (χ4n) is 5.88. The Hall–Kier alpha value is -4.95. The maximum atomic E-state index is 14.1. The number of nitrogens with zero attached hydrogens (tertiary/aromatic N) is 3. The number of para-hydroxylation sites is 1. The molecule has 1 atom stereocenters. The summed E-state index contributed by atoms with van der Waals surface area (Å²) in [5.41, 5.74) is 7.70. The van der Waals surface area contributed by atoms with Gasteiger partial charge in [0.2, 0.25) is 0 Å². The number of methoxy groups -OCH3 is 1. The summed E-state index contributed by atoms with van der Waals surface area (Å²) in [6.45, 7) is 7.87. The Bertz CT molecular complexity index is 2080. The van der Waals surface area contributed by atoms with Crippen LogP contribution in [0.15, 0.2) is 106 Å². The quantitative estimate of drug-likeness (QED) is 0.218. The van der Waals surface area contributed by atoms with Crippen molar-refractivity contribution in [1.29, 1.82) is 0 Å². The van der Waals surface area contributed by atoms with Crippen LogP contribution in [0.25, 0.3) is 22.9 Å². The number of carbonyl (C=O) groups is 1. The van der Waals surface area contributed by atoms with Gasteiger partial charge < -0.3 is 14.0 Å². The molecular weight excluding hydrogens is 570 g/mol. The van der Waals surface area contributed by atoms with Crippen molar-refractivity contribution in [1.82, 2.24) is 9.13 Å². The SMILES string of the molecule is CCOC(=O)C1=C(C)N=c2s/c(=C/c3cc(C)n(-c4ccc(-c5ccccc5)cc4)c3C)c(=O)n2[C@H]1c1ccccc1OC. The third kappa shape index (κ3) is 5.11. The van der Waals surface area contributed by atoms with Crippen LogP contribution in [0.2, 0.25) is 0 Å². The topological polar surface area (TPSA) is 74.8 Å². The molecule has 6 rings (SSSR count). The Labute approximate surface area is 259 Å². The smallest absolute Gasteiger partial charge is 0.338 e. The number of ether oxygens (including phenoxy) is 2. The monoisotopic (exact) mass is 603 g/mol. The van der Waals surface area contributed by atoms with Crippen LogP contribution in [-0.2, 0) is 9.53 Å². The van der Waals surface area contributed by atoms with Gasteiger partial charge in [-0.15, -0.1) is 0 Å². The molecule has 5 aromatic rings. The van der Waals surface area contributed by atoms with Crippen molar-refractivity contribution in [2.75, 3.05) is 13.7 Å². The van der Waals surface area contributed by atoms with Gasteiger partial charge in [0.15, 0.2) is 4.80 Å². The molecular formula is C36H33N3O4S. The van der Waals surface area contributed by atoms with Gasteiger partial charge in [-0.3, -0.25) is 9.36 Å². The third-order valence-electron chi connectivity index (χ3n) is 7.94. The number of fused-ring (bicyclic) bond motifs is 1. The summed E-state index contributed by atoms with van der Waals surface area (Å²) in [5.74, 6) is 0.0752. The first-order valence-corrected chi connectivity index (χ1v) is 15.3. The largest absolute Gasteiger partial charge is 0.496 e. The molecule has 0 aliphatic carbocycles. The molecule has 8 heteroatoms. The number of aromatic nitrogens is 2. The molecule has 3 heterocycles. The molecule has 0 saturated heterocycles. The highest BCUT2D eigenvalue weighted by Crippen LogP contribution is 2.35. The summed E-state index contributed by atoms with van der Waals surface area (Å²) in [4.78, 5) is 32.6. The molecule has 0 N–H and O–H groups in total. The van der Waals surface area contributed by atoms with Crippen LogP contribution < -0.4 is 19.6 Å². The van der Waals surface area contributed by atoms with Crippen molar-refractivity contribution in [3.05, 3.63) is 138 Å². The van der Waals surface area contributed by atoms with Gasteiger partial charge in [-0.1, -0.05) is 72.0 Å². The Morgan fingerprint density at radius 2 is 1.64 bits per heavy atom. The number of aryl methyl sites for hydroxylation is 1. The summed E-state index contributed by atoms with van der Waals surface area (Å²) in [6, 6.07) is 27.6. The first-order chi connectivity index (χ1) is 21.3. The van der Waals surface area contributed by atoms with E-state index in [1.54, 1.807) is 25.5 Å².